The van der Waals surface area contributed by atoms with Gasteiger partial charge in [-0.3, -0.25) is 19.3 Å². The molecule has 9 heteroatoms. The van der Waals surface area contributed by atoms with E-state index in [9.17, 15) is 29.7 Å². The Kier molecular flexibility index (Phi) is 11.3. The van der Waals surface area contributed by atoms with Gasteiger partial charge in [-0.2, -0.15) is 0 Å². The Labute approximate surface area is 238 Å². The zero-order chi connectivity index (χ0) is 28.7. The van der Waals surface area contributed by atoms with Crippen molar-refractivity contribution < 1.29 is 34.8 Å². The molecule has 1 aromatic carbocycles. The van der Waals surface area contributed by atoms with E-state index in [2.05, 4.69) is 15.9 Å². The smallest absolute Gasteiger partial charge is 0.303 e. The number of hydrogen-bond donors (Lipinski definition) is 4. The first-order valence-electron chi connectivity index (χ1n) is 13.9. The lowest BCUT2D eigenvalue weighted by atomic mass is 9.67. The first kappa shape index (κ1) is 31.0. The molecule has 0 radical (unpaired) electrons. The molecule has 1 aliphatic heterocycles. The average Bonchev–Trinajstić information content (AvgIpc) is 3.15. The van der Waals surface area contributed by atoms with E-state index in [1.807, 2.05) is 26.0 Å². The van der Waals surface area contributed by atoms with Crippen molar-refractivity contribution in [2.45, 2.75) is 77.7 Å². The fraction of sp³-hybridized carbons (Fsp3) is 0.567. The highest BCUT2D eigenvalue weighted by atomic mass is 79.9. The number of fused-ring (bicyclic) bond motifs is 1. The highest BCUT2D eigenvalue weighted by Gasteiger charge is 2.54. The number of nitrogens with zero attached hydrogens (tertiary/aromatic N) is 1. The molecule has 0 unspecified atom stereocenters. The third kappa shape index (κ3) is 7.38. The number of imide groups is 1. The molecule has 8 nitrogen and oxygen atoms in total. The van der Waals surface area contributed by atoms with Gasteiger partial charge in [0.1, 0.15) is 5.75 Å². The number of likely N-dealkylation sites (tertiary alicyclic amines) is 1. The maximum Gasteiger partial charge on any atom is 0.303 e. The fourth-order valence-corrected chi connectivity index (χ4v) is 6.37. The Morgan fingerprint density at radius 3 is 2.54 bits per heavy atom. The number of rotatable bonds is 14. The van der Waals surface area contributed by atoms with Gasteiger partial charge in [-0.25, -0.2) is 0 Å². The Morgan fingerprint density at radius 2 is 1.90 bits per heavy atom. The summed E-state index contributed by atoms with van der Waals surface area (Å²) in [6.07, 6.45) is 5.48. The van der Waals surface area contributed by atoms with Gasteiger partial charge < -0.3 is 20.4 Å². The second-order valence-electron chi connectivity index (χ2n) is 10.5. The quantitative estimate of drug-likeness (QED) is 0.132. The summed E-state index contributed by atoms with van der Waals surface area (Å²) in [5, 5.41) is 40.8. The Bertz CT molecular complexity index is 1130. The van der Waals surface area contributed by atoms with E-state index in [4.69, 9.17) is 5.11 Å². The molecule has 0 bridgehead atoms. The fourth-order valence-electron chi connectivity index (χ4n) is 6.00. The van der Waals surface area contributed by atoms with Gasteiger partial charge in [-0.1, -0.05) is 53.4 Å². The topological polar surface area (TPSA) is 135 Å². The number of allylic oxidation sites excluding steroid dienone is 2. The predicted octanol–water partition coefficient (Wildman–Crippen LogP) is 5.05. The van der Waals surface area contributed by atoms with Crippen molar-refractivity contribution in [3.63, 3.8) is 0 Å². The Balaban J connectivity index is 1.74. The molecule has 1 heterocycles. The molecule has 1 aliphatic carbocycles. The van der Waals surface area contributed by atoms with Crippen molar-refractivity contribution in [3.05, 3.63) is 45.0 Å². The number of phenols is 1. The van der Waals surface area contributed by atoms with Gasteiger partial charge in [-0.05, 0) is 68.7 Å². The number of carboxylic acid groups (broad SMARTS) is 1. The van der Waals surface area contributed by atoms with Gasteiger partial charge >= 0.3 is 5.97 Å². The number of aliphatic hydroxyl groups is 2. The van der Waals surface area contributed by atoms with Crippen LogP contribution < -0.4 is 0 Å². The number of aliphatic hydroxyl groups excluding tert-OH is 2. The van der Waals surface area contributed by atoms with Crippen LogP contribution >= 0.6 is 15.9 Å². The number of carbonyl (C=O) groups excluding carboxylic acids is 2. The normalized spacial score (nSPS) is 22.4. The highest BCUT2D eigenvalue weighted by Crippen LogP contribution is 2.47. The zero-order valence-corrected chi connectivity index (χ0v) is 24.3. The first-order chi connectivity index (χ1) is 18.6. The van der Waals surface area contributed by atoms with Crippen LogP contribution in [0.15, 0.2) is 39.4 Å². The van der Waals surface area contributed by atoms with Gasteiger partial charge in [0.05, 0.1) is 24.5 Å². The molecule has 1 aromatic rings. The molecule has 2 amide bonds. The average molecular weight is 607 g/mol. The van der Waals surface area contributed by atoms with Crippen LogP contribution in [0, 0.1) is 17.8 Å². The number of aliphatic carboxylic acids is 1. The van der Waals surface area contributed by atoms with Crippen LogP contribution in [0.25, 0.3) is 6.08 Å². The summed E-state index contributed by atoms with van der Waals surface area (Å²) < 4.78 is 0.854. The maximum atomic E-state index is 13.4. The summed E-state index contributed by atoms with van der Waals surface area (Å²) in [5.41, 5.74) is 3.36. The van der Waals surface area contributed by atoms with E-state index >= 15 is 0 Å². The summed E-state index contributed by atoms with van der Waals surface area (Å²) in [5.74, 6) is -3.07. The Hall–Kier alpha value is -2.49. The van der Waals surface area contributed by atoms with E-state index in [1.165, 1.54) is 4.90 Å². The van der Waals surface area contributed by atoms with Crippen LogP contribution in [0.1, 0.15) is 77.2 Å². The summed E-state index contributed by atoms with van der Waals surface area (Å²) in [7, 11) is 0. The number of carboxylic acids is 1. The number of benzene rings is 1. The number of phenolic OH excluding ortho intramolecular Hbond substituents is 1. The number of aromatic hydroxyl groups is 1. The lowest BCUT2D eigenvalue weighted by molar-refractivity contribution is -0.141. The standard InChI is InChI=1S/C30H40BrNO7/c1-3-18(14-20-15-21(31)10-12-24(20)34)9-11-25(35)27-19(4-2)16-22-28(23(27)17-33)30(39)32(29(22)38)13-7-5-6-8-26(36)37/h10,12,14-15,22-23,25,28,33-35H,3-9,11,13,16-17H2,1-2H3,(H,36,37)/b18-14+/t22-,23+,25-,28-/m1/s1. The Morgan fingerprint density at radius 1 is 1.15 bits per heavy atom. The number of amides is 2. The summed E-state index contributed by atoms with van der Waals surface area (Å²) in [6, 6.07) is 5.23. The van der Waals surface area contributed by atoms with Crippen molar-refractivity contribution in [1.82, 2.24) is 4.90 Å². The van der Waals surface area contributed by atoms with Crippen molar-refractivity contribution in [1.29, 1.82) is 0 Å². The second-order valence-corrected chi connectivity index (χ2v) is 11.4. The minimum Gasteiger partial charge on any atom is -0.507 e. The maximum absolute atomic E-state index is 13.4. The van der Waals surface area contributed by atoms with E-state index < -0.39 is 29.8 Å². The molecule has 3 rings (SSSR count). The van der Waals surface area contributed by atoms with E-state index in [1.54, 1.807) is 12.1 Å². The summed E-state index contributed by atoms with van der Waals surface area (Å²) in [6.45, 7) is 3.90. The van der Waals surface area contributed by atoms with Gasteiger partial charge in [0, 0.05) is 28.9 Å². The predicted molar refractivity (Wildman–Crippen MR) is 152 cm³/mol. The van der Waals surface area contributed by atoms with Crippen LogP contribution in [0.5, 0.6) is 5.75 Å². The van der Waals surface area contributed by atoms with E-state index in [0.717, 1.165) is 22.0 Å². The molecule has 0 saturated carbocycles. The molecule has 1 saturated heterocycles. The zero-order valence-electron chi connectivity index (χ0n) is 22.7. The molecule has 39 heavy (non-hydrogen) atoms. The molecule has 4 N–H and O–H groups in total. The highest BCUT2D eigenvalue weighted by molar-refractivity contribution is 9.10. The van der Waals surface area contributed by atoms with Gasteiger partial charge in [0.2, 0.25) is 11.8 Å². The van der Waals surface area contributed by atoms with Crippen molar-refractivity contribution in [3.8, 4) is 5.75 Å². The lowest BCUT2D eigenvalue weighted by Gasteiger charge is -2.36. The third-order valence-corrected chi connectivity index (χ3v) is 8.57. The van der Waals surface area contributed by atoms with Crippen LogP contribution in [-0.2, 0) is 14.4 Å². The van der Waals surface area contributed by atoms with Crippen LogP contribution in [0.4, 0.5) is 0 Å². The molecule has 2 aliphatic rings. The first-order valence-corrected chi connectivity index (χ1v) is 14.7. The number of halogens is 1. The van der Waals surface area contributed by atoms with E-state index in [-0.39, 0.29) is 37.1 Å². The van der Waals surface area contributed by atoms with Crippen LogP contribution in [-0.4, -0.2) is 62.4 Å². The molecule has 0 aromatic heterocycles. The molecular weight excluding hydrogens is 566 g/mol. The molecule has 1 fully saturated rings. The van der Waals surface area contributed by atoms with Crippen LogP contribution in [0.2, 0.25) is 0 Å². The lowest BCUT2D eigenvalue weighted by Crippen LogP contribution is -2.39. The minimum absolute atomic E-state index is 0.0593. The molecule has 0 spiro atoms. The third-order valence-electron chi connectivity index (χ3n) is 8.07. The van der Waals surface area contributed by atoms with E-state index in [0.29, 0.717) is 56.1 Å². The minimum atomic E-state index is -0.864. The molecular formula is C30H40BrNO7. The summed E-state index contributed by atoms with van der Waals surface area (Å²) in [4.78, 5) is 38.6. The number of carbonyl (C=O) groups is 3. The molecule has 4 atom stereocenters. The number of unbranched alkanes of at least 4 members (excludes halogenated alkanes) is 2. The van der Waals surface area contributed by atoms with Crippen molar-refractivity contribution in [2.75, 3.05) is 13.2 Å². The summed E-state index contributed by atoms with van der Waals surface area (Å²) >= 11 is 3.43. The van der Waals surface area contributed by atoms with Crippen LogP contribution in [0.3, 0.4) is 0 Å². The van der Waals surface area contributed by atoms with Gasteiger partial charge in [0.15, 0.2) is 0 Å². The number of hydrogen-bond acceptors (Lipinski definition) is 6. The SMILES string of the molecule is CCC1=C([C@H](O)CC/C(=C/c2cc(Br)ccc2O)CC)[C@H](CO)[C@@H]2C(=O)N(CCCCCC(=O)O)C(=O)[C@@H]2C1. The van der Waals surface area contributed by atoms with Gasteiger partial charge in [0.25, 0.3) is 0 Å². The van der Waals surface area contributed by atoms with Gasteiger partial charge in [-0.15, -0.1) is 0 Å². The molecule has 214 valence electrons. The van der Waals surface area contributed by atoms with Crippen molar-refractivity contribution in [2.24, 2.45) is 17.8 Å². The largest absolute Gasteiger partial charge is 0.507 e. The second kappa shape index (κ2) is 14.2. The monoisotopic (exact) mass is 605 g/mol. The van der Waals surface area contributed by atoms with Crippen molar-refractivity contribution >= 4 is 39.8 Å².